The predicted octanol–water partition coefficient (Wildman–Crippen LogP) is 2.42. The van der Waals surface area contributed by atoms with Crippen LogP contribution in [-0.2, 0) is 26.2 Å². The number of amides is 2. The van der Waals surface area contributed by atoms with Gasteiger partial charge < -0.3 is 10.2 Å². The molecule has 2 aromatic rings. The summed E-state index contributed by atoms with van der Waals surface area (Å²) in [6.45, 7) is 3.71. The molecule has 1 unspecified atom stereocenters. The van der Waals surface area contributed by atoms with Crippen LogP contribution >= 0.6 is 0 Å². The number of nitrogens with one attached hydrogen (secondary N) is 1. The fraction of sp³-hybridized carbons (Fsp3) is 0.417. The maximum absolute atomic E-state index is 13.5. The normalized spacial score (nSPS) is 12.3. The number of carbonyl (C=O) groups excluding carboxylic acids is 2. The summed E-state index contributed by atoms with van der Waals surface area (Å²) >= 11 is 0. The van der Waals surface area contributed by atoms with Gasteiger partial charge in [0, 0.05) is 27.2 Å². The summed E-state index contributed by atoms with van der Waals surface area (Å²) in [4.78, 5) is 27.5. The highest BCUT2D eigenvalue weighted by Crippen LogP contribution is 2.21. The zero-order valence-electron chi connectivity index (χ0n) is 20.1. The lowest BCUT2D eigenvalue weighted by atomic mass is 10.1. The quantitative estimate of drug-likeness (QED) is 0.493. The monoisotopic (exact) mass is 492 g/mol. The van der Waals surface area contributed by atoms with Gasteiger partial charge in [0.25, 0.3) is 0 Å². The molecule has 0 aliphatic rings. The molecule has 1 N–H and O–H groups in total. The molecule has 8 nitrogen and oxygen atoms in total. The van der Waals surface area contributed by atoms with Crippen LogP contribution in [0.3, 0.4) is 0 Å². The number of anilines is 1. The van der Waals surface area contributed by atoms with E-state index in [-0.39, 0.29) is 18.1 Å². The van der Waals surface area contributed by atoms with Gasteiger partial charge >= 0.3 is 10.2 Å². The third-order valence-corrected chi connectivity index (χ3v) is 7.15. The summed E-state index contributed by atoms with van der Waals surface area (Å²) < 4.78 is 41.4. The van der Waals surface area contributed by atoms with Gasteiger partial charge in [-0.05, 0) is 49.6 Å². The molecule has 2 amide bonds. The first-order valence-electron chi connectivity index (χ1n) is 11.1. The molecule has 186 valence electrons. The SMILES string of the molecule is CCCNC(=O)C(C)N(CCc1ccccc1)C(=O)CN(c1ccc(F)cc1)S(=O)(=O)N(C)C. The maximum atomic E-state index is 13.5. The van der Waals surface area contributed by atoms with Crippen LogP contribution in [-0.4, -0.2) is 69.2 Å². The summed E-state index contributed by atoms with van der Waals surface area (Å²) in [6, 6.07) is 13.6. The molecule has 2 aromatic carbocycles. The van der Waals surface area contributed by atoms with E-state index in [9.17, 15) is 22.4 Å². The van der Waals surface area contributed by atoms with E-state index in [0.717, 1.165) is 32.7 Å². The Kier molecular flexibility index (Phi) is 10.0. The molecule has 0 radical (unpaired) electrons. The molecule has 0 fully saturated rings. The van der Waals surface area contributed by atoms with Crippen molar-refractivity contribution in [3.63, 3.8) is 0 Å². The van der Waals surface area contributed by atoms with E-state index in [1.807, 2.05) is 37.3 Å². The smallest absolute Gasteiger partial charge is 0.304 e. The van der Waals surface area contributed by atoms with Crippen molar-refractivity contribution in [2.45, 2.75) is 32.7 Å². The van der Waals surface area contributed by atoms with E-state index < -0.39 is 34.5 Å². The van der Waals surface area contributed by atoms with Crippen LogP contribution in [0.1, 0.15) is 25.8 Å². The highest BCUT2D eigenvalue weighted by molar-refractivity contribution is 7.90. The summed E-state index contributed by atoms with van der Waals surface area (Å²) in [6.07, 6.45) is 1.24. The summed E-state index contributed by atoms with van der Waals surface area (Å²) in [5.41, 5.74) is 1.13. The number of nitrogens with zero attached hydrogens (tertiary/aromatic N) is 3. The molecule has 0 bridgehead atoms. The summed E-state index contributed by atoms with van der Waals surface area (Å²) in [5, 5.41) is 2.79. The average Bonchev–Trinajstić information content (AvgIpc) is 2.82. The molecule has 0 saturated carbocycles. The third-order valence-electron chi connectivity index (χ3n) is 5.33. The van der Waals surface area contributed by atoms with E-state index in [0.29, 0.717) is 13.0 Å². The minimum absolute atomic E-state index is 0.148. The van der Waals surface area contributed by atoms with Gasteiger partial charge in [-0.1, -0.05) is 37.3 Å². The highest BCUT2D eigenvalue weighted by Gasteiger charge is 2.32. The Morgan fingerprint density at radius 2 is 1.65 bits per heavy atom. The topological polar surface area (TPSA) is 90.0 Å². The van der Waals surface area contributed by atoms with Crippen LogP contribution in [0.25, 0.3) is 0 Å². The number of carbonyl (C=O) groups is 2. The standard InChI is InChI=1S/C24H33FN4O4S/c1-5-16-26-24(31)19(2)28(17-15-20-9-7-6-8-10-20)23(30)18-29(34(32,33)27(3)4)22-13-11-21(25)12-14-22/h6-14,19H,5,15-18H2,1-4H3,(H,26,31). The molecule has 0 heterocycles. The number of hydrogen-bond acceptors (Lipinski definition) is 4. The molecule has 1 atom stereocenters. The molecule has 2 rings (SSSR count). The first-order valence-corrected chi connectivity index (χ1v) is 12.5. The van der Waals surface area contributed by atoms with Crippen LogP contribution in [0.2, 0.25) is 0 Å². The van der Waals surface area contributed by atoms with Crippen molar-refractivity contribution in [1.29, 1.82) is 0 Å². The van der Waals surface area contributed by atoms with Crippen LogP contribution in [0.15, 0.2) is 54.6 Å². The van der Waals surface area contributed by atoms with Gasteiger partial charge in [0.2, 0.25) is 11.8 Å². The predicted molar refractivity (Wildman–Crippen MR) is 131 cm³/mol. The molecular weight excluding hydrogens is 459 g/mol. The zero-order valence-corrected chi connectivity index (χ0v) is 20.9. The molecule has 34 heavy (non-hydrogen) atoms. The number of halogens is 1. The molecule has 0 spiro atoms. The third kappa shape index (κ3) is 7.26. The van der Waals surface area contributed by atoms with Crippen molar-refractivity contribution in [2.24, 2.45) is 0 Å². The van der Waals surface area contributed by atoms with Crippen LogP contribution in [0.5, 0.6) is 0 Å². The Bertz CT molecular complexity index is 1050. The van der Waals surface area contributed by atoms with Crippen LogP contribution in [0.4, 0.5) is 10.1 Å². The second-order valence-electron chi connectivity index (χ2n) is 8.06. The largest absolute Gasteiger partial charge is 0.354 e. The lowest BCUT2D eigenvalue weighted by Crippen LogP contribution is -2.53. The second-order valence-corrected chi connectivity index (χ2v) is 10.1. The van der Waals surface area contributed by atoms with Gasteiger partial charge in [-0.2, -0.15) is 12.7 Å². The number of benzene rings is 2. The van der Waals surface area contributed by atoms with Gasteiger partial charge in [-0.3, -0.25) is 9.59 Å². The molecular formula is C24H33FN4O4S. The molecule has 10 heteroatoms. The van der Waals surface area contributed by atoms with E-state index >= 15 is 0 Å². The summed E-state index contributed by atoms with van der Waals surface area (Å²) in [5.74, 6) is -1.38. The van der Waals surface area contributed by atoms with Gasteiger partial charge in [0.15, 0.2) is 0 Å². The minimum atomic E-state index is -4.06. The van der Waals surface area contributed by atoms with E-state index in [1.165, 1.54) is 31.1 Å². The fourth-order valence-electron chi connectivity index (χ4n) is 3.29. The Balaban J connectivity index is 2.35. The van der Waals surface area contributed by atoms with E-state index in [1.54, 1.807) is 6.92 Å². The number of hydrogen-bond donors (Lipinski definition) is 1. The average molecular weight is 493 g/mol. The molecule has 0 aromatic heterocycles. The van der Waals surface area contributed by atoms with Crippen molar-refractivity contribution < 1.29 is 22.4 Å². The second kappa shape index (κ2) is 12.5. The Morgan fingerprint density at radius 1 is 1.03 bits per heavy atom. The Hall–Kier alpha value is -2.98. The lowest BCUT2D eigenvalue weighted by Gasteiger charge is -2.32. The molecule has 0 aliphatic carbocycles. The Morgan fingerprint density at radius 3 is 2.21 bits per heavy atom. The molecule has 0 saturated heterocycles. The Labute approximate surface area is 201 Å². The van der Waals surface area contributed by atoms with Crippen LogP contribution in [0, 0.1) is 5.82 Å². The zero-order chi connectivity index (χ0) is 25.3. The first-order chi connectivity index (χ1) is 16.1. The van der Waals surface area contributed by atoms with Crippen molar-refractivity contribution in [3.05, 3.63) is 66.0 Å². The van der Waals surface area contributed by atoms with Gasteiger partial charge in [-0.25, -0.2) is 8.70 Å². The van der Waals surface area contributed by atoms with E-state index in [4.69, 9.17) is 0 Å². The number of rotatable bonds is 12. The van der Waals surface area contributed by atoms with Crippen molar-refractivity contribution in [1.82, 2.24) is 14.5 Å². The molecule has 0 aliphatic heterocycles. The highest BCUT2D eigenvalue weighted by atomic mass is 32.2. The van der Waals surface area contributed by atoms with Crippen molar-refractivity contribution in [2.75, 3.05) is 38.0 Å². The van der Waals surface area contributed by atoms with Gasteiger partial charge in [0.05, 0.1) is 5.69 Å². The van der Waals surface area contributed by atoms with E-state index in [2.05, 4.69) is 5.32 Å². The lowest BCUT2D eigenvalue weighted by molar-refractivity contribution is -0.138. The summed E-state index contributed by atoms with van der Waals surface area (Å²) in [7, 11) is -1.36. The fourth-order valence-corrected chi connectivity index (χ4v) is 4.35. The van der Waals surface area contributed by atoms with Crippen molar-refractivity contribution in [3.8, 4) is 0 Å². The van der Waals surface area contributed by atoms with Gasteiger partial charge in [-0.15, -0.1) is 0 Å². The first kappa shape index (κ1) is 27.3. The minimum Gasteiger partial charge on any atom is -0.354 e. The van der Waals surface area contributed by atoms with Crippen LogP contribution < -0.4 is 9.62 Å². The van der Waals surface area contributed by atoms with Crippen molar-refractivity contribution >= 4 is 27.7 Å². The maximum Gasteiger partial charge on any atom is 0.304 e. The van der Waals surface area contributed by atoms with Gasteiger partial charge in [0.1, 0.15) is 18.4 Å².